The first-order chi connectivity index (χ1) is 19.6. The van der Waals surface area contributed by atoms with E-state index in [1.807, 2.05) is 0 Å². The topological polar surface area (TPSA) is 50.3 Å². The zero-order valence-corrected chi connectivity index (χ0v) is 24.6. The summed E-state index contributed by atoms with van der Waals surface area (Å²) in [7, 11) is 0. The standard InChI is InChI=1S/C34H50N4O2/c1-2-35-16-8-11-26(22-35)34-36(23-33(39)40)31-14-5-6-15-32(31)38(34)30-20-27-12-7-13-28(21-30)37(27)29-18-24-9-3-4-10-25(17-24)19-29/h5-6,14-15,24-25,27-30H,2-4,7-13,16-23H2,1H3,(H,39,40)/b34-26+. The number of aliphatic carboxylic acids is 1. The zero-order valence-electron chi connectivity index (χ0n) is 24.6. The fraction of sp³-hybridized carbons (Fsp3) is 0.735. The third-order valence-electron chi connectivity index (χ3n) is 11.5. The number of fused-ring (bicyclic) bond motifs is 5. The van der Waals surface area contributed by atoms with Gasteiger partial charge in [0.05, 0.1) is 11.4 Å². The second-order valence-corrected chi connectivity index (χ2v) is 13.9. The summed E-state index contributed by atoms with van der Waals surface area (Å²) in [5, 5.41) is 10.0. The number of carboxylic acids is 1. The quantitative estimate of drug-likeness (QED) is 0.457. The molecule has 7 rings (SSSR count). The Morgan fingerprint density at radius 2 is 1.52 bits per heavy atom. The molecule has 4 bridgehead atoms. The maximum absolute atomic E-state index is 12.2. The van der Waals surface area contributed by atoms with E-state index in [9.17, 15) is 9.90 Å². The first kappa shape index (κ1) is 26.8. The number of carboxylic acid groups (broad SMARTS) is 1. The van der Waals surface area contributed by atoms with E-state index in [2.05, 4.69) is 50.8 Å². The zero-order chi connectivity index (χ0) is 27.2. The molecule has 4 heterocycles. The fourth-order valence-corrected chi connectivity index (χ4v) is 9.98. The van der Waals surface area contributed by atoms with Crippen molar-refractivity contribution < 1.29 is 9.90 Å². The third-order valence-corrected chi connectivity index (χ3v) is 11.5. The molecular weight excluding hydrogens is 496 g/mol. The molecule has 6 nitrogen and oxygen atoms in total. The summed E-state index contributed by atoms with van der Waals surface area (Å²) in [6, 6.07) is 11.2. The van der Waals surface area contributed by atoms with Crippen molar-refractivity contribution >= 4 is 17.3 Å². The lowest BCUT2D eigenvalue weighted by Crippen LogP contribution is -2.61. The molecule has 1 aromatic rings. The number of hydrogen-bond donors (Lipinski definition) is 1. The molecule has 6 heteroatoms. The van der Waals surface area contributed by atoms with Crippen LogP contribution in [0, 0.1) is 11.8 Å². The van der Waals surface area contributed by atoms with Crippen molar-refractivity contribution in [1.29, 1.82) is 0 Å². The van der Waals surface area contributed by atoms with E-state index < -0.39 is 5.97 Å². The summed E-state index contributed by atoms with van der Waals surface area (Å²) in [6.07, 6.45) is 18.9. The maximum atomic E-state index is 12.2. The van der Waals surface area contributed by atoms with Gasteiger partial charge in [-0.2, -0.15) is 0 Å². The predicted octanol–water partition coefficient (Wildman–Crippen LogP) is 6.47. The molecule has 218 valence electrons. The highest BCUT2D eigenvalue weighted by Gasteiger charge is 2.48. The highest BCUT2D eigenvalue weighted by molar-refractivity contribution is 5.88. The van der Waals surface area contributed by atoms with Crippen LogP contribution < -0.4 is 9.80 Å². The van der Waals surface area contributed by atoms with Gasteiger partial charge in [-0.25, -0.2) is 0 Å². The number of anilines is 2. The minimum Gasteiger partial charge on any atom is -0.480 e. The Morgan fingerprint density at radius 3 is 2.20 bits per heavy atom. The molecule has 40 heavy (non-hydrogen) atoms. The molecule has 1 N–H and O–H groups in total. The van der Waals surface area contributed by atoms with Gasteiger partial charge in [0.15, 0.2) is 0 Å². The van der Waals surface area contributed by atoms with Gasteiger partial charge < -0.3 is 14.9 Å². The first-order valence-electron chi connectivity index (χ1n) is 16.7. The molecule has 3 saturated heterocycles. The fourth-order valence-electron chi connectivity index (χ4n) is 9.98. The lowest BCUT2D eigenvalue weighted by Gasteiger charge is -2.56. The number of benzene rings is 1. The van der Waals surface area contributed by atoms with Gasteiger partial charge in [-0.1, -0.05) is 51.2 Å². The number of hydrogen-bond acceptors (Lipinski definition) is 5. The molecule has 4 unspecified atom stereocenters. The Hall–Kier alpha value is -2.05. The second-order valence-electron chi connectivity index (χ2n) is 13.9. The van der Waals surface area contributed by atoms with E-state index in [1.165, 1.54) is 94.1 Å². The van der Waals surface area contributed by atoms with Crippen LogP contribution in [0.25, 0.3) is 0 Å². The molecule has 2 aliphatic carbocycles. The Kier molecular flexibility index (Phi) is 7.59. The van der Waals surface area contributed by atoms with Gasteiger partial charge in [-0.3, -0.25) is 14.6 Å². The van der Waals surface area contributed by atoms with Crippen molar-refractivity contribution in [1.82, 2.24) is 9.80 Å². The Labute approximate surface area is 241 Å². The summed E-state index contributed by atoms with van der Waals surface area (Å²) in [5.74, 6) is 2.39. The summed E-state index contributed by atoms with van der Waals surface area (Å²) in [6.45, 7) is 5.44. The average Bonchev–Trinajstić information content (AvgIpc) is 3.17. The lowest BCUT2D eigenvalue weighted by molar-refractivity contribution is -0.135. The molecule has 4 atom stereocenters. The number of carbonyl (C=O) groups is 1. The van der Waals surface area contributed by atoms with Crippen LogP contribution in [0.4, 0.5) is 11.4 Å². The number of para-hydroxylation sites is 2. The molecule has 5 fully saturated rings. The summed E-state index contributed by atoms with van der Waals surface area (Å²) in [4.78, 5) is 22.6. The molecule has 0 spiro atoms. The van der Waals surface area contributed by atoms with E-state index in [-0.39, 0.29) is 6.54 Å². The van der Waals surface area contributed by atoms with E-state index in [0.717, 1.165) is 56.0 Å². The van der Waals surface area contributed by atoms with E-state index in [4.69, 9.17) is 0 Å². The predicted molar refractivity (Wildman–Crippen MR) is 162 cm³/mol. The van der Waals surface area contributed by atoms with Crippen LogP contribution in [0.1, 0.15) is 96.8 Å². The molecule has 0 aromatic heterocycles. The number of nitrogens with zero attached hydrogens (tertiary/aromatic N) is 4. The van der Waals surface area contributed by atoms with E-state index >= 15 is 0 Å². The molecule has 4 aliphatic heterocycles. The van der Waals surface area contributed by atoms with Gasteiger partial charge in [-0.05, 0) is 100 Å². The van der Waals surface area contributed by atoms with Crippen LogP contribution in [0.2, 0.25) is 0 Å². The maximum Gasteiger partial charge on any atom is 0.323 e. The van der Waals surface area contributed by atoms with Gasteiger partial charge in [0.1, 0.15) is 12.4 Å². The monoisotopic (exact) mass is 546 g/mol. The summed E-state index contributed by atoms with van der Waals surface area (Å²) in [5.41, 5.74) is 3.76. The minimum atomic E-state index is -0.747. The van der Waals surface area contributed by atoms with Crippen molar-refractivity contribution in [2.75, 3.05) is 36.0 Å². The number of rotatable bonds is 5. The van der Waals surface area contributed by atoms with Crippen LogP contribution >= 0.6 is 0 Å². The van der Waals surface area contributed by atoms with Crippen LogP contribution in [0.3, 0.4) is 0 Å². The van der Waals surface area contributed by atoms with E-state index in [0.29, 0.717) is 18.1 Å². The first-order valence-corrected chi connectivity index (χ1v) is 16.7. The van der Waals surface area contributed by atoms with Crippen molar-refractivity contribution in [3.63, 3.8) is 0 Å². The van der Waals surface area contributed by atoms with E-state index in [1.54, 1.807) is 0 Å². The second kappa shape index (κ2) is 11.3. The van der Waals surface area contributed by atoms with Crippen molar-refractivity contribution in [3.8, 4) is 0 Å². The molecule has 6 aliphatic rings. The molecular formula is C34H50N4O2. The van der Waals surface area contributed by atoms with Crippen molar-refractivity contribution in [3.05, 3.63) is 35.7 Å². The highest BCUT2D eigenvalue weighted by atomic mass is 16.4. The summed E-state index contributed by atoms with van der Waals surface area (Å²) >= 11 is 0. The number of piperidine rings is 3. The SMILES string of the molecule is CCN1CCC/C(=C2/N(CC(=O)O)c3ccccc3N2C2CC3CCCC(C2)N3C2CC3CCCCC(C3)C2)C1. The molecule has 1 aromatic carbocycles. The minimum absolute atomic E-state index is 0.0367. The van der Waals surface area contributed by atoms with Gasteiger partial charge >= 0.3 is 5.97 Å². The van der Waals surface area contributed by atoms with Crippen LogP contribution in [0.15, 0.2) is 35.7 Å². The van der Waals surface area contributed by atoms with Gasteiger partial charge in [0.2, 0.25) is 0 Å². The average molecular weight is 547 g/mol. The van der Waals surface area contributed by atoms with Gasteiger partial charge in [0, 0.05) is 30.7 Å². The third kappa shape index (κ3) is 4.98. The Balaban J connectivity index is 1.22. The van der Waals surface area contributed by atoms with Gasteiger partial charge in [0.25, 0.3) is 0 Å². The molecule has 2 saturated carbocycles. The normalized spacial score (nSPS) is 36.8. The van der Waals surface area contributed by atoms with Crippen LogP contribution in [0.5, 0.6) is 0 Å². The van der Waals surface area contributed by atoms with Gasteiger partial charge in [-0.15, -0.1) is 0 Å². The molecule has 0 amide bonds. The Morgan fingerprint density at radius 1 is 0.825 bits per heavy atom. The lowest BCUT2D eigenvalue weighted by atomic mass is 9.73. The summed E-state index contributed by atoms with van der Waals surface area (Å²) < 4.78 is 0. The van der Waals surface area contributed by atoms with Crippen LogP contribution in [-0.2, 0) is 4.79 Å². The molecule has 0 radical (unpaired) electrons. The van der Waals surface area contributed by atoms with Crippen LogP contribution in [-0.4, -0.2) is 71.2 Å². The Bertz CT molecular complexity index is 1090. The number of likely N-dealkylation sites (N-methyl/N-ethyl adjacent to an activating group) is 1. The largest absolute Gasteiger partial charge is 0.480 e. The highest BCUT2D eigenvalue weighted by Crippen LogP contribution is 2.50. The van der Waals surface area contributed by atoms with Crippen molar-refractivity contribution in [2.24, 2.45) is 11.8 Å². The van der Waals surface area contributed by atoms with Crippen molar-refractivity contribution in [2.45, 2.75) is 121 Å². The smallest absolute Gasteiger partial charge is 0.323 e. The number of likely N-dealkylation sites (tertiary alicyclic amines) is 1.